The molecule has 10 heteroatoms. The third-order valence-electron chi connectivity index (χ3n) is 6.41. The number of aliphatic hydroxyl groups is 1. The Kier molecular flexibility index (Phi) is 6.96. The average Bonchev–Trinajstić information content (AvgIpc) is 3.56. The molecule has 3 heterocycles. The number of aromatic amines is 1. The molecule has 1 amide bonds. The van der Waals surface area contributed by atoms with E-state index in [-0.39, 0.29) is 29.1 Å². The summed E-state index contributed by atoms with van der Waals surface area (Å²) >= 11 is 0. The Balaban J connectivity index is 1.83. The molecule has 4 rings (SSSR count). The van der Waals surface area contributed by atoms with Crippen LogP contribution in [-0.4, -0.2) is 63.0 Å². The summed E-state index contributed by atoms with van der Waals surface area (Å²) in [5.41, 5.74) is 1.85. The number of amides is 1. The molecule has 0 spiro atoms. The molecular formula is C26H28N4O6. The number of H-pyrrole nitrogens is 1. The number of nitrogens with zero attached hydrogens (tertiary/aromatic N) is 3. The van der Waals surface area contributed by atoms with Crippen molar-refractivity contribution in [2.75, 3.05) is 20.8 Å². The van der Waals surface area contributed by atoms with E-state index in [2.05, 4.69) is 9.97 Å². The van der Waals surface area contributed by atoms with Crippen molar-refractivity contribution in [1.82, 2.24) is 19.4 Å². The summed E-state index contributed by atoms with van der Waals surface area (Å²) in [7, 11) is 2.77. The van der Waals surface area contributed by atoms with Gasteiger partial charge in [-0.25, -0.2) is 9.78 Å². The first kappa shape index (κ1) is 24.8. The SMILES string of the molecule is COC(=O)c1[nH]c(C)c(C(O)=C2C(=O)C(=O)N(CCCn3ccnc3)C2c2ccccc2OC)c1C. The topological polar surface area (TPSA) is 127 Å². The zero-order valence-corrected chi connectivity index (χ0v) is 20.6. The molecule has 0 aliphatic carbocycles. The number of likely N-dealkylation sites (tertiary alicyclic amines) is 1. The highest BCUT2D eigenvalue weighted by Gasteiger charge is 2.47. The summed E-state index contributed by atoms with van der Waals surface area (Å²) in [6, 6.07) is 6.20. The van der Waals surface area contributed by atoms with Gasteiger partial charge < -0.3 is 29.0 Å². The van der Waals surface area contributed by atoms with Gasteiger partial charge in [0.2, 0.25) is 0 Å². The first-order chi connectivity index (χ1) is 17.3. The Morgan fingerprint density at radius 2 is 1.92 bits per heavy atom. The number of aryl methyl sites for hydroxylation is 2. The number of methoxy groups -OCH3 is 2. The van der Waals surface area contributed by atoms with Gasteiger partial charge in [0.15, 0.2) is 0 Å². The standard InChI is InChI=1S/C26H28N4O6/c1-15-19(16(2)28-21(15)26(34)36-4)23(31)20-22(17-8-5-6-9-18(17)35-3)30(25(33)24(20)32)12-7-11-29-13-10-27-14-29/h5-6,8-10,13-14,22,28,31H,7,11-12H2,1-4H3. The lowest BCUT2D eigenvalue weighted by Crippen LogP contribution is -2.31. The van der Waals surface area contributed by atoms with Gasteiger partial charge in [0.05, 0.1) is 32.2 Å². The number of benzene rings is 1. The van der Waals surface area contributed by atoms with E-state index >= 15 is 0 Å². The Morgan fingerprint density at radius 3 is 2.58 bits per heavy atom. The predicted octanol–water partition coefficient (Wildman–Crippen LogP) is 3.14. The number of nitrogens with one attached hydrogen (secondary N) is 1. The summed E-state index contributed by atoms with van der Waals surface area (Å²) in [5.74, 6) is -1.99. The molecule has 0 radical (unpaired) electrons. The van der Waals surface area contributed by atoms with Crippen LogP contribution >= 0.6 is 0 Å². The van der Waals surface area contributed by atoms with Crippen molar-refractivity contribution in [3.05, 3.63) is 76.6 Å². The minimum absolute atomic E-state index is 0.0613. The van der Waals surface area contributed by atoms with E-state index < -0.39 is 23.7 Å². The van der Waals surface area contributed by atoms with E-state index in [0.29, 0.717) is 35.5 Å². The fourth-order valence-corrected chi connectivity index (χ4v) is 4.71. The number of Topliss-reactive ketones (excluding diaryl/α,β-unsaturated/α-hetero) is 1. The minimum Gasteiger partial charge on any atom is -0.507 e. The minimum atomic E-state index is -0.876. The van der Waals surface area contributed by atoms with Crippen molar-refractivity contribution in [3.8, 4) is 5.75 Å². The summed E-state index contributed by atoms with van der Waals surface area (Å²) in [5, 5.41) is 11.5. The van der Waals surface area contributed by atoms with Gasteiger partial charge in [-0.1, -0.05) is 18.2 Å². The number of rotatable bonds is 8. The molecule has 188 valence electrons. The summed E-state index contributed by atoms with van der Waals surface area (Å²) in [6.45, 7) is 4.18. The van der Waals surface area contributed by atoms with Crippen LogP contribution in [0.2, 0.25) is 0 Å². The van der Waals surface area contributed by atoms with Crippen LogP contribution in [0.1, 0.15) is 45.3 Å². The summed E-state index contributed by atoms with van der Waals surface area (Å²) in [4.78, 5) is 47.2. The zero-order valence-electron chi connectivity index (χ0n) is 20.6. The number of hydrogen-bond donors (Lipinski definition) is 2. The lowest BCUT2D eigenvalue weighted by molar-refractivity contribution is -0.140. The summed E-state index contributed by atoms with van der Waals surface area (Å²) in [6.07, 6.45) is 5.74. The number of ketones is 1. The molecule has 1 unspecified atom stereocenters. The van der Waals surface area contributed by atoms with Crippen molar-refractivity contribution in [2.45, 2.75) is 32.9 Å². The van der Waals surface area contributed by atoms with Crippen LogP contribution in [0.3, 0.4) is 0 Å². The lowest BCUT2D eigenvalue weighted by Gasteiger charge is -2.26. The number of carbonyl (C=O) groups is 3. The van der Waals surface area contributed by atoms with Gasteiger partial charge in [0, 0.05) is 42.3 Å². The number of ether oxygens (including phenoxy) is 2. The van der Waals surface area contributed by atoms with Crippen LogP contribution in [0.15, 0.2) is 48.6 Å². The molecule has 1 aliphatic heterocycles. The quantitative estimate of drug-likeness (QED) is 0.214. The Hall–Kier alpha value is -4.34. The third kappa shape index (κ3) is 4.26. The van der Waals surface area contributed by atoms with Gasteiger partial charge in [-0.15, -0.1) is 0 Å². The summed E-state index contributed by atoms with van der Waals surface area (Å²) < 4.78 is 12.2. The van der Waals surface area contributed by atoms with Gasteiger partial charge >= 0.3 is 5.97 Å². The van der Waals surface area contributed by atoms with E-state index in [1.165, 1.54) is 19.1 Å². The molecule has 1 atom stereocenters. The Morgan fingerprint density at radius 1 is 1.17 bits per heavy atom. The zero-order chi connectivity index (χ0) is 26.0. The number of imidazole rings is 1. The van der Waals surface area contributed by atoms with Crippen LogP contribution < -0.4 is 4.74 Å². The highest BCUT2D eigenvalue weighted by Crippen LogP contribution is 2.43. The molecule has 1 aliphatic rings. The van der Waals surface area contributed by atoms with E-state index in [4.69, 9.17) is 9.47 Å². The van der Waals surface area contributed by atoms with Crippen molar-refractivity contribution in [2.24, 2.45) is 0 Å². The molecular weight excluding hydrogens is 464 g/mol. The monoisotopic (exact) mass is 492 g/mol. The Labute approximate surface area is 208 Å². The van der Waals surface area contributed by atoms with Crippen LogP contribution in [0.5, 0.6) is 5.75 Å². The molecule has 10 nitrogen and oxygen atoms in total. The smallest absolute Gasteiger partial charge is 0.354 e. The highest BCUT2D eigenvalue weighted by molar-refractivity contribution is 6.46. The molecule has 1 aromatic carbocycles. The molecule has 2 N–H and O–H groups in total. The molecule has 0 saturated carbocycles. The molecule has 36 heavy (non-hydrogen) atoms. The number of aliphatic hydroxyl groups excluding tert-OH is 1. The molecule has 1 saturated heterocycles. The fourth-order valence-electron chi connectivity index (χ4n) is 4.71. The third-order valence-corrected chi connectivity index (χ3v) is 6.41. The number of carbonyl (C=O) groups excluding carboxylic acids is 3. The van der Waals surface area contributed by atoms with E-state index in [1.807, 2.05) is 10.8 Å². The van der Waals surface area contributed by atoms with Crippen molar-refractivity contribution < 1.29 is 29.0 Å². The number of esters is 1. The molecule has 3 aromatic rings. The Bertz CT molecular complexity index is 1340. The predicted molar refractivity (Wildman–Crippen MR) is 130 cm³/mol. The van der Waals surface area contributed by atoms with Crippen LogP contribution in [0.4, 0.5) is 0 Å². The van der Waals surface area contributed by atoms with Crippen molar-refractivity contribution >= 4 is 23.4 Å². The normalized spacial score (nSPS) is 17.0. The molecule has 2 aromatic heterocycles. The second kappa shape index (κ2) is 10.1. The first-order valence-corrected chi connectivity index (χ1v) is 11.4. The maximum atomic E-state index is 13.4. The largest absolute Gasteiger partial charge is 0.507 e. The fraction of sp³-hybridized carbons (Fsp3) is 0.308. The van der Waals surface area contributed by atoms with Crippen LogP contribution in [0, 0.1) is 13.8 Å². The van der Waals surface area contributed by atoms with Gasteiger partial charge in [0.25, 0.3) is 11.7 Å². The van der Waals surface area contributed by atoms with Crippen molar-refractivity contribution in [3.63, 3.8) is 0 Å². The first-order valence-electron chi connectivity index (χ1n) is 11.4. The van der Waals surface area contributed by atoms with Gasteiger partial charge in [-0.05, 0) is 31.9 Å². The highest BCUT2D eigenvalue weighted by atomic mass is 16.5. The maximum absolute atomic E-state index is 13.4. The van der Waals surface area contributed by atoms with Crippen LogP contribution in [0.25, 0.3) is 5.76 Å². The van der Waals surface area contributed by atoms with Crippen LogP contribution in [-0.2, 0) is 20.9 Å². The second-order valence-corrected chi connectivity index (χ2v) is 8.51. The van der Waals surface area contributed by atoms with Gasteiger partial charge in [0.1, 0.15) is 17.2 Å². The van der Waals surface area contributed by atoms with Gasteiger partial charge in [-0.3, -0.25) is 9.59 Å². The van der Waals surface area contributed by atoms with Crippen molar-refractivity contribution in [1.29, 1.82) is 0 Å². The molecule has 0 bridgehead atoms. The number of para-hydroxylation sites is 1. The van der Waals surface area contributed by atoms with E-state index in [0.717, 1.165) is 0 Å². The van der Waals surface area contributed by atoms with E-state index in [1.54, 1.807) is 50.6 Å². The average molecular weight is 493 g/mol. The maximum Gasteiger partial charge on any atom is 0.354 e. The second-order valence-electron chi connectivity index (χ2n) is 8.51. The van der Waals surface area contributed by atoms with E-state index in [9.17, 15) is 19.5 Å². The number of aromatic nitrogens is 3. The number of hydrogen-bond acceptors (Lipinski definition) is 7. The van der Waals surface area contributed by atoms with Gasteiger partial charge in [-0.2, -0.15) is 0 Å². The lowest BCUT2D eigenvalue weighted by atomic mass is 9.93. The molecule has 1 fully saturated rings.